The van der Waals surface area contributed by atoms with Crippen LogP contribution in [-0.4, -0.2) is 33.5 Å². The van der Waals surface area contributed by atoms with Gasteiger partial charge in [-0.3, -0.25) is 0 Å². The molecule has 20 heavy (non-hydrogen) atoms. The Labute approximate surface area is 122 Å². The van der Waals surface area contributed by atoms with E-state index in [0.717, 1.165) is 30.2 Å². The van der Waals surface area contributed by atoms with Crippen molar-refractivity contribution in [1.29, 1.82) is 0 Å². The lowest BCUT2D eigenvalue weighted by molar-refractivity contribution is 0.0913. The van der Waals surface area contributed by atoms with E-state index >= 15 is 0 Å². The average molecular weight is 281 g/mol. The van der Waals surface area contributed by atoms with Crippen molar-refractivity contribution in [2.45, 2.75) is 33.4 Å². The largest absolute Gasteiger partial charge is 0.497 e. The molecule has 0 amide bonds. The maximum absolute atomic E-state index is 5.92. The third kappa shape index (κ3) is 5.80. The van der Waals surface area contributed by atoms with E-state index in [2.05, 4.69) is 19.2 Å². The fraction of sp³-hybridized carbons (Fsp3) is 0.625. The second-order valence-electron chi connectivity index (χ2n) is 5.38. The van der Waals surface area contributed by atoms with Crippen molar-refractivity contribution in [3.05, 3.63) is 23.8 Å². The monoisotopic (exact) mass is 281 g/mol. The number of methoxy groups -OCH3 is 2. The Balaban J connectivity index is 2.75. The quantitative estimate of drug-likeness (QED) is 0.755. The van der Waals surface area contributed by atoms with Gasteiger partial charge in [0.25, 0.3) is 0 Å². The van der Waals surface area contributed by atoms with Gasteiger partial charge in [0.05, 0.1) is 13.7 Å². The molecule has 1 aromatic carbocycles. The predicted octanol–water partition coefficient (Wildman–Crippen LogP) is 2.85. The molecule has 0 spiro atoms. The van der Waals surface area contributed by atoms with Crippen molar-refractivity contribution in [1.82, 2.24) is 5.32 Å². The summed E-state index contributed by atoms with van der Waals surface area (Å²) in [6.07, 6.45) is 0.0252. The van der Waals surface area contributed by atoms with Crippen LogP contribution in [0.3, 0.4) is 0 Å². The van der Waals surface area contributed by atoms with Crippen LogP contribution in [0.15, 0.2) is 18.2 Å². The summed E-state index contributed by atoms with van der Waals surface area (Å²) in [7, 11) is 3.35. The molecule has 0 aromatic heterocycles. The SMILES string of the molecule is COCC(C)Oc1ccc(OC)cc1CNCC(C)C. The molecule has 4 nitrogen and oxygen atoms in total. The molecular weight excluding hydrogens is 254 g/mol. The standard InChI is InChI=1S/C16H27NO3/c1-12(2)9-17-10-14-8-15(19-5)6-7-16(14)20-13(3)11-18-4/h6-8,12-13,17H,9-11H2,1-5H3. The van der Waals surface area contributed by atoms with Crippen molar-refractivity contribution in [3.8, 4) is 11.5 Å². The molecule has 1 aromatic rings. The van der Waals surface area contributed by atoms with Crippen LogP contribution in [0.5, 0.6) is 11.5 Å². The number of ether oxygens (including phenoxy) is 3. The van der Waals surface area contributed by atoms with Crippen LogP contribution < -0.4 is 14.8 Å². The summed E-state index contributed by atoms with van der Waals surface area (Å²) in [6, 6.07) is 5.89. The lowest BCUT2D eigenvalue weighted by atomic mass is 10.1. The van der Waals surface area contributed by atoms with Crippen LogP contribution in [0, 0.1) is 5.92 Å². The van der Waals surface area contributed by atoms with Crippen LogP contribution in [0.1, 0.15) is 26.3 Å². The minimum Gasteiger partial charge on any atom is -0.497 e. The number of benzene rings is 1. The smallest absolute Gasteiger partial charge is 0.124 e. The Morgan fingerprint density at radius 2 is 1.90 bits per heavy atom. The van der Waals surface area contributed by atoms with E-state index in [9.17, 15) is 0 Å². The molecule has 1 unspecified atom stereocenters. The molecular formula is C16H27NO3. The predicted molar refractivity (Wildman–Crippen MR) is 81.5 cm³/mol. The van der Waals surface area contributed by atoms with Crippen LogP contribution in [-0.2, 0) is 11.3 Å². The van der Waals surface area contributed by atoms with Crippen LogP contribution in [0.4, 0.5) is 0 Å². The number of hydrogen-bond donors (Lipinski definition) is 1. The van der Waals surface area contributed by atoms with E-state index in [-0.39, 0.29) is 6.10 Å². The van der Waals surface area contributed by atoms with E-state index in [1.807, 2.05) is 25.1 Å². The van der Waals surface area contributed by atoms with Gasteiger partial charge in [-0.05, 0) is 37.6 Å². The lowest BCUT2D eigenvalue weighted by Crippen LogP contribution is -2.22. The second-order valence-corrected chi connectivity index (χ2v) is 5.38. The van der Waals surface area contributed by atoms with Crippen LogP contribution in [0.25, 0.3) is 0 Å². The number of hydrogen-bond acceptors (Lipinski definition) is 4. The first-order valence-corrected chi connectivity index (χ1v) is 7.10. The first kappa shape index (κ1) is 16.8. The molecule has 0 saturated carbocycles. The molecule has 1 N–H and O–H groups in total. The summed E-state index contributed by atoms with van der Waals surface area (Å²) in [4.78, 5) is 0. The highest BCUT2D eigenvalue weighted by Gasteiger charge is 2.10. The third-order valence-corrected chi connectivity index (χ3v) is 2.87. The van der Waals surface area contributed by atoms with Gasteiger partial charge in [0.1, 0.15) is 17.6 Å². The second kappa shape index (κ2) is 8.82. The van der Waals surface area contributed by atoms with Gasteiger partial charge in [0.2, 0.25) is 0 Å². The summed E-state index contributed by atoms with van der Waals surface area (Å²) in [5.41, 5.74) is 1.10. The van der Waals surface area contributed by atoms with E-state index < -0.39 is 0 Å². The number of rotatable bonds is 9. The zero-order valence-electron chi connectivity index (χ0n) is 13.2. The molecule has 0 radical (unpaired) electrons. The highest BCUT2D eigenvalue weighted by atomic mass is 16.5. The van der Waals surface area contributed by atoms with Crippen molar-refractivity contribution < 1.29 is 14.2 Å². The van der Waals surface area contributed by atoms with Crippen LogP contribution in [0.2, 0.25) is 0 Å². The maximum Gasteiger partial charge on any atom is 0.124 e. The Morgan fingerprint density at radius 1 is 1.15 bits per heavy atom. The van der Waals surface area contributed by atoms with Crippen LogP contribution >= 0.6 is 0 Å². The molecule has 0 heterocycles. The summed E-state index contributed by atoms with van der Waals surface area (Å²) in [5, 5.41) is 3.43. The van der Waals surface area contributed by atoms with Gasteiger partial charge < -0.3 is 19.5 Å². The number of nitrogens with one attached hydrogen (secondary N) is 1. The molecule has 0 saturated heterocycles. The zero-order chi connectivity index (χ0) is 15.0. The van der Waals surface area contributed by atoms with Crippen molar-refractivity contribution in [3.63, 3.8) is 0 Å². The molecule has 0 bridgehead atoms. The Kier molecular flexibility index (Phi) is 7.41. The van der Waals surface area contributed by atoms with Gasteiger partial charge in [-0.25, -0.2) is 0 Å². The average Bonchev–Trinajstić information content (AvgIpc) is 2.40. The fourth-order valence-corrected chi connectivity index (χ4v) is 1.92. The Morgan fingerprint density at radius 3 is 2.50 bits per heavy atom. The lowest BCUT2D eigenvalue weighted by Gasteiger charge is -2.18. The third-order valence-electron chi connectivity index (χ3n) is 2.87. The van der Waals surface area contributed by atoms with Gasteiger partial charge in [-0.1, -0.05) is 13.8 Å². The van der Waals surface area contributed by atoms with Crippen molar-refractivity contribution in [2.75, 3.05) is 27.4 Å². The molecule has 1 rings (SSSR count). The molecule has 0 fully saturated rings. The highest BCUT2D eigenvalue weighted by Crippen LogP contribution is 2.25. The molecule has 0 aliphatic heterocycles. The normalized spacial score (nSPS) is 12.5. The van der Waals surface area contributed by atoms with Gasteiger partial charge in [0.15, 0.2) is 0 Å². The first-order valence-electron chi connectivity index (χ1n) is 7.10. The Bertz CT molecular complexity index is 393. The van der Waals surface area contributed by atoms with E-state index in [0.29, 0.717) is 12.5 Å². The van der Waals surface area contributed by atoms with E-state index in [1.54, 1.807) is 14.2 Å². The summed E-state index contributed by atoms with van der Waals surface area (Å²) in [6.45, 7) is 8.70. The Hall–Kier alpha value is -1.26. The van der Waals surface area contributed by atoms with Gasteiger partial charge in [-0.15, -0.1) is 0 Å². The molecule has 114 valence electrons. The van der Waals surface area contributed by atoms with E-state index in [1.165, 1.54) is 0 Å². The topological polar surface area (TPSA) is 39.7 Å². The first-order chi connectivity index (χ1) is 9.56. The summed E-state index contributed by atoms with van der Waals surface area (Å²) in [5.74, 6) is 2.35. The van der Waals surface area contributed by atoms with E-state index in [4.69, 9.17) is 14.2 Å². The van der Waals surface area contributed by atoms with Gasteiger partial charge in [0, 0.05) is 19.2 Å². The maximum atomic E-state index is 5.92. The molecule has 0 aliphatic carbocycles. The van der Waals surface area contributed by atoms with Gasteiger partial charge >= 0.3 is 0 Å². The molecule has 4 heteroatoms. The summed E-state index contributed by atoms with van der Waals surface area (Å²) >= 11 is 0. The fourth-order valence-electron chi connectivity index (χ4n) is 1.92. The van der Waals surface area contributed by atoms with Gasteiger partial charge in [-0.2, -0.15) is 0 Å². The minimum atomic E-state index is 0.0252. The highest BCUT2D eigenvalue weighted by molar-refractivity contribution is 5.40. The molecule has 0 aliphatic rings. The zero-order valence-corrected chi connectivity index (χ0v) is 13.2. The van der Waals surface area contributed by atoms with Crippen molar-refractivity contribution >= 4 is 0 Å². The molecule has 1 atom stereocenters. The minimum absolute atomic E-state index is 0.0252. The summed E-state index contributed by atoms with van der Waals surface area (Å²) < 4.78 is 16.3. The van der Waals surface area contributed by atoms with Crippen molar-refractivity contribution in [2.24, 2.45) is 5.92 Å².